The van der Waals surface area contributed by atoms with E-state index in [-0.39, 0.29) is 5.56 Å². The molecule has 0 N–H and O–H groups in total. The van der Waals surface area contributed by atoms with Crippen molar-refractivity contribution in [2.75, 3.05) is 0 Å². The highest BCUT2D eigenvalue weighted by Crippen LogP contribution is 2.40. The highest BCUT2D eigenvalue weighted by atomic mass is 19.4. The molecule has 0 fully saturated rings. The van der Waals surface area contributed by atoms with Crippen molar-refractivity contribution in [3.8, 4) is 28.0 Å². The summed E-state index contributed by atoms with van der Waals surface area (Å²) in [6.07, 6.45) is -14.5. The molecule has 33 heavy (non-hydrogen) atoms. The zero-order chi connectivity index (χ0) is 24.4. The summed E-state index contributed by atoms with van der Waals surface area (Å²) in [6, 6.07) is 15.3. The van der Waals surface area contributed by atoms with Gasteiger partial charge in [0.2, 0.25) is 0 Å². The van der Waals surface area contributed by atoms with E-state index in [1.54, 1.807) is 24.3 Å². The SMILES string of the molecule is CCCc1ccc(-c2ccccc2-c2cc(F)c(OC(F)(F)C(F)C(F)(F)F)c(F)c2)cc1. The van der Waals surface area contributed by atoms with Crippen LogP contribution < -0.4 is 4.74 Å². The minimum absolute atomic E-state index is 0.0680. The van der Waals surface area contributed by atoms with Crippen molar-refractivity contribution in [2.45, 2.75) is 38.2 Å². The highest BCUT2D eigenvalue weighted by molar-refractivity contribution is 5.83. The molecule has 3 aromatic carbocycles. The van der Waals surface area contributed by atoms with Crippen LogP contribution in [0.2, 0.25) is 0 Å². The van der Waals surface area contributed by atoms with E-state index in [1.165, 1.54) is 0 Å². The van der Waals surface area contributed by atoms with Gasteiger partial charge in [0.15, 0.2) is 17.4 Å². The van der Waals surface area contributed by atoms with Crippen LogP contribution in [0, 0.1) is 11.6 Å². The molecule has 0 aromatic heterocycles. The smallest absolute Gasteiger partial charge is 0.424 e. The van der Waals surface area contributed by atoms with Crippen LogP contribution in [-0.2, 0) is 6.42 Å². The maximum atomic E-state index is 14.5. The van der Waals surface area contributed by atoms with Crippen molar-refractivity contribution >= 4 is 0 Å². The van der Waals surface area contributed by atoms with E-state index in [9.17, 15) is 35.1 Å². The highest BCUT2D eigenvalue weighted by Gasteiger charge is 2.59. The molecule has 3 rings (SSSR count). The molecule has 1 unspecified atom stereocenters. The summed E-state index contributed by atoms with van der Waals surface area (Å²) in [5.41, 5.74) is 2.68. The monoisotopic (exact) mass is 474 g/mol. The number of aryl methyl sites for hydroxylation is 1. The van der Waals surface area contributed by atoms with E-state index >= 15 is 0 Å². The summed E-state index contributed by atoms with van der Waals surface area (Å²) in [5.74, 6) is -5.21. The molecular formula is C24H18F8O. The fraction of sp³-hybridized carbons (Fsp3) is 0.250. The Morgan fingerprint density at radius 2 is 1.30 bits per heavy atom. The Balaban J connectivity index is 1.98. The van der Waals surface area contributed by atoms with Crippen LogP contribution in [-0.4, -0.2) is 18.5 Å². The summed E-state index contributed by atoms with van der Waals surface area (Å²) in [7, 11) is 0. The fourth-order valence-corrected chi connectivity index (χ4v) is 3.32. The second-order valence-electron chi connectivity index (χ2n) is 7.33. The maximum absolute atomic E-state index is 14.5. The number of hydrogen-bond acceptors (Lipinski definition) is 1. The number of benzene rings is 3. The first-order valence-electron chi connectivity index (χ1n) is 9.89. The Bertz CT molecular complexity index is 1080. The van der Waals surface area contributed by atoms with Gasteiger partial charge in [-0.05, 0) is 46.4 Å². The summed E-state index contributed by atoms with van der Waals surface area (Å²) in [4.78, 5) is 0. The van der Waals surface area contributed by atoms with E-state index in [0.29, 0.717) is 23.3 Å². The van der Waals surface area contributed by atoms with E-state index in [2.05, 4.69) is 4.74 Å². The lowest BCUT2D eigenvalue weighted by Crippen LogP contribution is -2.46. The van der Waals surface area contributed by atoms with Gasteiger partial charge in [0.05, 0.1) is 0 Å². The van der Waals surface area contributed by atoms with Crippen LogP contribution in [0.3, 0.4) is 0 Å². The second-order valence-corrected chi connectivity index (χ2v) is 7.33. The van der Waals surface area contributed by atoms with E-state index in [4.69, 9.17) is 0 Å². The lowest BCUT2D eigenvalue weighted by Gasteiger charge is -2.23. The van der Waals surface area contributed by atoms with Crippen LogP contribution in [0.25, 0.3) is 22.3 Å². The standard InChI is InChI=1S/C24H18F8O/c1-2-5-14-8-10-15(11-9-14)17-6-3-4-7-18(17)16-12-19(25)21(20(26)13-16)33-24(31,32)22(27)23(28,29)30/h3-4,6-13,22H,2,5H2,1H3. The minimum Gasteiger partial charge on any atom is -0.424 e. The van der Waals surface area contributed by atoms with Crippen molar-refractivity contribution in [3.63, 3.8) is 0 Å². The zero-order valence-electron chi connectivity index (χ0n) is 17.2. The molecule has 0 heterocycles. The van der Waals surface area contributed by atoms with Crippen molar-refractivity contribution < 1.29 is 39.9 Å². The van der Waals surface area contributed by atoms with Crippen LogP contribution >= 0.6 is 0 Å². The van der Waals surface area contributed by atoms with Gasteiger partial charge in [-0.25, -0.2) is 13.2 Å². The minimum atomic E-state index is -5.98. The van der Waals surface area contributed by atoms with Crippen LogP contribution in [0.5, 0.6) is 5.75 Å². The Labute approximate surface area is 184 Å². The fourth-order valence-electron chi connectivity index (χ4n) is 3.32. The zero-order valence-corrected chi connectivity index (χ0v) is 17.2. The van der Waals surface area contributed by atoms with Gasteiger partial charge < -0.3 is 4.74 Å². The number of hydrogen-bond donors (Lipinski definition) is 0. The van der Waals surface area contributed by atoms with Crippen molar-refractivity contribution in [3.05, 3.63) is 77.9 Å². The number of alkyl halides is 6. The number of halogens is 8. The van der Waals surface area contributed by atoms with Gasteiger partial charge in [0.1, 0.15) is 0 Å². The Hall–Kier alpha value is -3.10. The molecule has 0 bridgehead atoms. The van der Waals surface area contributed by atoms with E-state index in [1.807, 2.05) is 31.2 Å². The molecular weight excluding hydrogens is 456 g/mol. The maximum Gasteiger partial charge on any atom is 0.439 e. The van der Waals surface area contributed by atoms with Gasteiger partial charge >= 0.3 is 12.3 Å². The molecule has 9 heteroatoms. The first kappa shape index (κ1) is 24.5. The van der Waals surface area contributed by atoms with Crippen molar-refractivity contribution in [1.29, 1.82) is 0 Å². The Kier molecular flexibility index (Phi) is 7.00. The predicted molar refractivity (Wildman–Crippen MR) is 108 cm³/mol. The second kappa shape index (κ2) is 9.41. The van der Waals surface area contributed by atoms with Crippen LogP contribution in [0.1, 0.15) is 18.9 Å². The third-order valence-electron chi connectivity index (χ3n) is 4.86. The summed E-state index contributed by atoms with van der Waals surface area (Å²) in [6.45, 7) is 2.03. The molecule has 0 radical (unpaired) electrons. The van der Waals surface area contributed by atoms with Crippen LogP contribution in [0.15, 0.2) is 60.7 Å². The lowest BCUT2D eigenvalue weighted by molar-refractivity contribution is -0.306. The van der Waals surface area contributed by atoms with Gasteiger partial charge in [0.25, 0.3) is 6.17 Å². The molecule has 1 atom stereocenters. The van der Waals surface area contributed by atoms with Gasteiger partial charge in [-0.1, -0.05) is 61.9 Å². The summed E-state index contributed by atoms with van der Waals surface area (Å²) >= 11 is 0. The molecule has 0 saturated carbocycles. The Morgan fingerprint density at radius 3 is 1.79 bits per heavy atom. The average molecular weight is 474 g/mol. The normalized spacial score (nSPS) is 13.1. The topological polar surface area (TPSA) is 9.23 Å². The molecule has 1 nitrogen and oxygen atoms in total. The largest absolute Gasteiger partial charge is 0.439 e. The molecule has 0 saturated heterocycles. The Morgan fingerprint density at radius 1 is 0.788 bits per heavy atom. The first-order valence-corrected chi connectivity index (χ1v) is 9.89. The van der Waals surface area contributed by atoms with Gasteiger partial charge in [-0.2, -0.15) is 22.0 Å². The third kappa shape index (κ3) is 5.46. The van der Waals surface area contributed by atoms with Crippen molar-refractivity contribution in [1.82, 2.24) is 0 Å². The first-order chi connectivity index (χ1) is 15.4. The summed E-state index contributed by atoms with van der Waals surface area (Å²) in [5, 5.41) is 0. The molecule has 0 aliphatic rings. The lowest BCUT2D eigenvalue weighted by atomic mass is 9.93. The van der Waals surface area contributed by atoms with Crippen LogP contribution in [0.4, 0.5) is 35.1 Å². The van der Waals surface area contributed by atoms with Gasteiger partial charge in [-0.15, -0.1) is 0 Å². The van der Waals surface area contributed by atoms with Crippen molar-refractivity contribution in [2.24, 2.45) is 0 Å². The molecule has 176 valence electrons. The average Bonchev–Trinajstić information content (AvgIpc) is 2.76. The quantitative estimate of drug-likeness (QED) is 0.314. The third-order valence-corrected chi connectivity index (χ3v) is 4.86. The summed E-state index contributed by atoms with van der Waals surface area (Å²) < 4.78 is 109. The molecule has 3 aromatic rings. The van der Waals surface area contributed by atoms with Gasteiger partial charge in [-0.3, -0.25) is 0 Å². The number of ether oxygens (including phenoxy) is 1. The molecule has 0 aliphatic heterocycles. The van der Waals surface area contributed by atoms with E-state index in [0.717, 1.165) is 24.0 Å². The molecule has 0 aliphatic carbocycles. The number of rotatable bonds is 7. The van der Waals surface area contributed by atoms with Gasteiger partial charge in [0, 0.05) is 0 Å². The predicted octanol–water partition coefficient (Wildman–Crippen LogP) is 8.12. The molecule has 0 amide bonds. The molecule has 0 spiro atoms. The van der Waals surface area contributed by atoms with E-state index < -0.39 is 35.8 Å².